The summed E-state index contributed by atoms with van der Waals surface area (Å²) in [6, 6.07) is 15.2. The topological polar surface area (TPSA) is 52.6 Å². The first-order chi connectivity index (χ1) is 12.0. The van der Waals surface area contributed by atoms with Crippen LogP contribution in [-0.4, -0.2) is 43.1 Å². The number of aromatic hydroxyl groups is 1. The number of hydrogen-bond acceptors (Lipinski definition) is 3. The van der Waals surface area contributed by atoms with Crippen molar-refractivity contribution in [1.82, 2.24) is 10.2 Å². The molecule has 5 heteroatoms. The summed E-state index contributed by atoms with van der Waals surface area (Å²) in [5.41, 5.74) is 1.77. The molecular formula is C20H25BrN2O2. The zero-order valence-electron chi connectivity index (χ0n) is 14.7. The summed E-state index contributed by atoms with van der Waals surface area (Å²) in [5.74, 6) is 0.0111. The number of carbonyl (C=O) groups excluding carboxylic acids is 1. The van der Waals surface area contributed by atoms with Crippen LogP contribution >= 0.6 is 15.9 Å². The number of rotatable bonds is 8. The van der Waals surface area contributed by atoms with Crippen molar-refractivity contribution >= 4 is 21.8 Å². The molecule has 0 bridgehead atoms. The average molecular weight is 405 g/mol. The second-order valence-corrected chi connectivity index (χ2v) is 7.29. The summed E-state index contributed by atoms with van der Waals surface area (Å²) < 4.78 is 0.882. The van der Waals surface area contributed by atoms with Gasteiger partial charge in [-0.25, -0.2) is 0 Å². The Morgan fingerprint density at radius 3 is 2.60 bits per heavy atom. The van der Waals surface area contributed by atoms with Gasteiger partial charge in [0.2, 0.25) is 5.91 Å². The molecule has 2 aromatic carbocycles. The van der Waals surface area contributed by atoms with Gasteiger partial charge in [-0.1, -0.05) is 46.3 Å². The van der Waals surface area contributed by atoms with Crippen LogP contribution < -0.4 is 5.32 Å². The van der Waals surface area contributed by atoms with Crippen LogP contribution in [0.3, 0.4) is 0 Å². The second-order valence-electron chi connectivity index (χ2n) is 6.38. The molecule has 0 radical (unpaired) electrons. The Bertz CT molecular complexity index is 689. The van der Waals surface area contributed by atoms with Crippen LogP contribution in [0.2, 0.25) is 0 Å². The summed E-state index contributed by atoms with van der Waals surface area (Å²) in [6.07, 6.45) is 1.22. The van der Waals surface area contributed by atoms with E-state index in [9.17, 15) is 9.90 Å². The van der Waals surface area contributed by atoms with Gasteiger partial charge >= 0.3 is 0 Å². The van der Waals surface area contributed by atoms with Crippen LogP contribution in [0.1, 0.15) is 29.9 Å². The molecule has 2 rings (SSSR count). The van der Waals surface area contributed by atoms with Crippen molar-refractivity contribution in [3.05, 3.63) is 64.1 Å². The first-order valence-electron chi connectivity index (χ1n) is 8.42. The van der Waals surface area contributed by atoms with Crippen LogP contribution in [0, 0.1) is 0 Å². The summed E-state index contributed by atoms with van der Waals surface area (Å²) in [7, 11) is 4.03. The molecule has 2 N–H and O–H groups in total. The van der Waals surface area contributed by atoms with Crippen molar-refractivity contribution in [2.24, 2.45) is 0 Å². The number of benzene rings is 2. The molecule has 0 fully saturated rings. The molecular weight excluding hydrogens is 380 g/mol. The van der Waals surface area contributed by atoms with Gasteiger partial charge < -0.3 is 15.3 Å². The zero-order chi connectivity index (χ0) is 18.2. The minimum absolute atomic E-state index is 0.00742. The molecule has 4 nitrogen and oxygen atoms in total. The molecule has 0 saturated heterocycles. The van der Waals surface area contributed by atoms with Crippen molar-refractivity contribution in [3.63, 3.8) is 0 Å². The van der Waals surface area contributed by atoms with Crippen LogP contribution in [-0.2, 0) is 4.79 Å². The van der Waals surface area contributed by atoms with Gasteiger partial charge in [0.15, 0.2) is 0 Å². The first kappa shape index (κ1) is 19.5. The number of phenols is 1. The van der Waals surface area contributed by atoms with Crippen LogP contribution in [0.5, 0.6) is 5.75 Å². The van der Waals surface area contributed by atoms with E-state index in [-0.39, 0.29) is 17.6 Å². The van der Waals surface area contributed by atoms with Gasteiger partial charge in [-0.05, 0) is 50.8 Å². The van der Waals surface area contributed by atoms with E-state index in [1.807, 2.05) is 50.5 Å². The SMILES string of the molecule is CN(C)CCCNC(=O)C[C@H](c1ccccc1)c1cc(Br)ccc1O. The van der Waals surface area contributed by atoms with Crippen LogP contribution in [0.25, 0.3) is 0 Å². The van der Waals surface area contributed by atoms with E-state index in [1.54, 1.807) is 12.1 Å². The molecule has 1 atom stereocenters. The number of nitrogens with zero attached hydrogens (tertiary/aromatic N) is 1. The third kappa shape index (κ3) is 6.18. The van der Waals surface area contributed by atoms with E-state index in [0.29, 0.717) is 13.0 Å². The van der Waals surface area contributed by atoms with E-state index >= 15 is 0 Å². The standard InChI is InChI=1S/C20H25BrN2O2/c1-23(2)12-6-11-22-20(25)14-17(15-7-4-3-5-8-15)18-13-16(21)9-10-19(18)24/h3-5,7-10,13,17,24H,6,11-12,14H2,1-2H3,(H,22,25)/t17-/m1/s1. The predicted octanol–water partition coefficient (Wildman–Crippen LogP) is 3.74. The minimum atomic E-state index is -0.187. The Hall–Kier alpha value is -1.85. The van der Waals surface area contributed by atoms with E-state index < -0.39 is 0 Å². The van der Waals surface area contributed by atoms with E-state index in [0.717, 1.165) is 28.6 Å². The van der Waals surface area contributed by atoms with Crippen molar-refractivity contribution < 1.29 is 9.90 Å². The molecule has 0 aliphatic heterocycles. The molecule has 1 amide bonds. The molecule has 0 aliphatic rings. The highest BCUT2D eigenvalue weighted by Gasteiger charge is 2.21. The molecule has 0 aliphatic carbocycles. The fourth-order valence-corrected chi connectivity index (χ4v) is 3.16. The number of carbonyl (C=O) groups is 1. The van der Waals surface area contributed by atoms with E-state index in [1.165, 1.54) is 0 Å². The minimum Gasteiger partial charge on any atom is -0.508 e. The lowest BCUT2D eigenvalue weighted by Crippen LogP contribution is -2.28. The number of amides is 1. The third-order valence-corrected chi connectivity index (χ3v) is 4.55. The molecule has 134 valence electrons. The monoisotopic (exact) mass is 404 g/mol. The lowest BCUT2D eigenvalue weighted by Gasteiger charge is -2.19. The van der Waals surface area contributed by atoms with Crippen molar-refractivity contribution in [3.8, 4) is 5.75 Å². The highest BCUT2D eigenvalue weighted by Crippen LogP contribution is 2.35. The second kappa shape index (κ2) is 9.59. The van der Waals surface area contributed by atoms with Crippen LogP contribution in [0.4, 0.5) is 0 Å². The van der Waals surface area contributed by atoms with Gasteiger partial charge in [0.25, 0.3) is 0 Å². The first-order valence-corrected chi connectivity index (χ1v) is 9.21. The number of halogens is 1. The molecule has 0 saturated carbocycles. The maximum absolute atomic E-state index is 12.4. The molecule has 2 aromatic rings. The van der Waals surface area contributed by atoms with Crippen molar-refractivity contribution in [1.29, 1.82) is 0 Å². The lowest BCUT2D eigenvalue weighted by molar-refractivity contribution is -0.121. The maximum atomic E-state index is 12.4. The smallest absolute Gasteiger partial charge is 0.220 e. The largest absolute Gasteiger partial charge is 0.508 e. The number of nitrogens with one attached hydrogen (secondary N) is 1. The van der Waals surface area contributed by atoms with Gasteiger partial charge in [-0.3, -0.25) is 4.79 Å². The Morgan fingerprint density at radius 1 is 1.20 bits per heavy atom. The van der Waals surface area contributed by atoms with Gasteiger partial charge in [-0.2, -0.15) is 0 Å². The van der Waals surface area contributed by atoms with Crippen LogP contribution in [0.15, 0.2) is 53.0 Å². The molecule has 0 heterocycles. The number of hydrogen-bond donors (Lipinski definition) is 2. The summed E-state index contributed by atoms with van der Waals surface area (Å²) >= 11 is 3.45. The zero-order valence-corrected chi connectivity index (χ0v) is 16.3. The predicted molar refractivity (Wildman–Crippen MR) is 105 cm³/mol. The van der Waals surface area contributed by atoms with Crippen molar-refractivity contribution in [2.45, 2.75) is 18.8 Å². The third-order valence-electron chi connectivity index (χ3n) is 4.06. The maximum Gasteiger partial charge on any atom is 0.220 e. The molecule has 0 spiro atoms. The normalized spacial score (nSPS) is 12.2. The molecule has 25 heavy (non-hydrogen) atoms. The Morgan fingerprint density at radius 2 is 1.92 bits per heavy atom. The van der Waals surface area contributed by atoms with E-state index in [4.69, 9.17) is 0 Å². The Kier molecular flexibility index (Phi) is 7.47. The Balaban J connectivity index is 2.13. The quantitative estimate of drug-likeness (QED) is 0.658. The van der Waals surface area contributed by atoms with Gasteiger partial charge in [0.05, 0.1) is 0 Å². The van der Waals surface area contributed by atoms with E-state index in [2.05, 4.69) is 26.1 Å². The average Bonchev–Trinajstić information content (AvgIpc) is 2.59. The van der Waals surface area contributed by atoms with Crippen molar-refractivity contribution in [2.75, 3.05) is 27.2 Å². The highest BCUT2D eigenvalue weighted by molar-refractivity contribution is 9.10. The molecule has 0 unspecified atom stereocenters. The highest BCUT2D eigenvalue weighted by atomic mass is 79.9. The summed E-state index contributed by atoms with van der Waals surface area (Å²) in [6.45, 7) is 1.60. The fraction of sp³-hybridized carbons (Fsp3) is 0.350. The number of phenolic OH excluding ortho intramolecular Hbond substituents is 1. The fourth-order valence-electron chi connectivity index (χ4n) is 2.78. The lowest BCUT2D eigenvalue weighted by atomic mass is 9.87. The van der Waals surface area contributed by atoms with Gasteiger partial charge in [-0.15, -0.1) is 0 Å². The summed E-state index contributed by atoms with van der Waals surface area (Å²) in [4.78, 5) is 14.5. The molecule has 0 aromatic heterocycles. The van der Waals surface area contributed by atoms with Gasteiger partial charge in [0.1, 0.15) is 5.75 Å². The Labute approximate surface area is 158 Å². The van der Waals surface area contributed by atoms with Gasteiger partial charge in [0, 0.05) is 28.9 Å². The summed E-state index contributed by atoms with van der Waals surface area (Å²) in [5, 5.41) is 13.3.